The van der Waals surface area contributed by atoms with E-state index in [-0.39, 0.29) is 5.41 Å². The molecule has 2 aliphatic heterocycles. The van der Waals surface area contributed by atoms with Crippen LogP contribution in [0.1, 0.15) is 69.5 Å². The van der Waals surface area contributed by atoms with E-state index in [9.17, 15) is 0 Å². The molecule has 0 bridgehead atoms. The normalized spacial score (nSPS) is 13.7. The van der Waals surface area contributed by atoms with E-state index >= 15 is 0 Å². The molecule has 0 N–H and O–H groups in total. The molecular weight excluding hydrogens is 1410 g/mol. The Bertz CT molecular complexity index is 6760. The quantitative estimate of drug-likeness (QED) is 0.128. The van der Waals surface area contributed by atoms with Crippen LogP contribution >= 0.6 is 0 Å². The van der Waals surface area contributed by atoms with Gasteiger partial charge in [0.15, 0.2) is 0 Å². The van der Waals surface area contributed by atoms with E-state index in [1.807, 2.05) is 0 Å². The van der Waals surface area contributed by atoms with Crippen molar-refractivity contribution in [1.82, 2.24) is 0 Å². The molecule has 5 aliphatic rings. The summed E-state index contributed by atoms with van der Waals surface area (Å²) in [4.78, 5) is 9.89. The van der Waals surface area contributed by atoms with Gasteiger partial charge in [0.25, 0.3) is 0 Å². The number of fused-ring (bicyclic) bond motifs is 21. The van der Waals surface area contributed by atoms with Gasteiger partial charge < -0.3 is 19.6 Å². The minimum absolute atomic E-state index is 0.139. The molecule has 0 saturated heterocycles. The summed E-state index contributed by atoms with van der Waals surface area (Å²) in [7, 11) is 0. The molecule has 0 amide bonds. The predicted molar refractivity (Wildman–Crippen MR) is 487 cm³/mol. The Kier molecular flexibility index (Phi) is 16.4. The summed E-state index contributed by atoms with van der Waals surface area (Å²) in [5.41, 5.74) is 40.6. The first-order valence-electron chi connectivity index (χ1n) is 40.7. The van der Waals surface area contributed by atoms with Crippen LogP contribution in [0.5, 0.6) is 0 Å². The van der Waals surface area contributed by atoms with E-state index < -0.39 is 10.8 Å². The molecule has 2 heterocycles. The molecular formula is C113H80N4. The Balaban J connectivity index is 0.000000142. The van der Waals surface area contributed by atoms with Crippen molar-refractivity contribution in [2.45, 2.75) is 30.1 Å². The van der Waals surface area contributed by atoms with Crippen molar-refractivity contribution < 1.29 is 0 Å². The molecule has 3 aliphatic carbocycles. The van der Waals surface area contributed by atoms with Gasteiger partial charge in [-0.15, -0.1) is 0 Å². The van der Waals surface area contributed by atoms with Gasteiger partial charge in [-0.1, -0.05) is 360 Å². The van der Waals surface area contributed by atoms with Crippen molar-refractivity contribution in [3.05, 3.63) is 505 Å². The summed E-state index contributed by atoms with van der Waals surface area (Å²) in [6.07, 6.45) is 0. The van der Waals surface area contributed by atoms with E-state index in [1.165, 1.54) is 145 Å². The van der Waals surface area contributed by atoms with Gasteiger partial charge in [0.1, 0.15) is 0 Å². The minimum Gasteiger partial charge on any atom is -0.310 e. The van der Waals surface area contributed by atoms with Crippen molar-refractivity contribution >= 4 is 68.2 Å². The highest BCUT2D eigenvalue weighted by Crippen LogP contribution is 2.68. The Hall–Kier alpha value is -14.8. The molecule has 0 fully saturated rings. The summed E-state index contributed by atoms with van der Waals surface area (Å²) in [6.45, 7) is 4.74. The van der Waals surface area contributed by atoms with Crippen LogP contribution in [0, 0.1) is 0 Å². The van der Waals surface area contributed by atoms with Gasteiger partial charge in [0.2, 0.25) is 0 Å². The zero-order valence-corrected chi connectivity index (χ0v) is 65.0. The summed E-state index contributed by atoms with van der Waals surface area (Å²) in [5.74, 6) is 0. The molecule has 0 radical (unpaired) electrons. The molecule has 117 heavy (non-hydrogen) atoms. The van der Waals surface area contributed by atoms with Crippen LogP contribution in [-0.4, -0.2) is 0 Å². The number of benzene rings is 18. The molecule has 0 atom stereocenters. The molecule has 4 nitrogen and oxygen atoms in total. The minimum atomic E-state index is -0.553. The van der Waals surface area contributed by atoms with Gasteiger partial charge >= 0.3 is 0 Å². The second-order valence-electron chi connectivity index (χ2n) is 31.7. The van der Waals surface area contributed by atoms with Crippen molar-refractivity contribution in [3.8, 4) is 66.8 Å². The average molecular weight is 1490 g/mol. The lowest BCUT2D eigenvalue weighted by Gasteiger charge is -2.45. The Morgan fingerprint density at radius 3 is 0.932 bits per heavy atom. The zero-order chi connectivity index (χ0) is 77.8. The van der Waals surface area contributed by atoms with E-state index in [1.54, 1.807) is 0 Å². The molecule has 4 heteroatoms. The number of nitrogens with zero attached hydrogens (tertiary/aromatic N) is 4. The number of rotatable bonds is 11. The number of hydrogen-bond acceptors (Lipinski definition) is 4. The van der Waals surface area contributed by atoms with Crippen molar-refractivity contribution in [2.24, 2.45) is 0 Å². The lowest BCUT2D eigenvalue weighted by atomic mass is 9.64. The first kappa shape index (κ1) is 68.9. The van der Waals surface area contributed by atoms with Crippen LogP contribution < -0.4 is 19.6 Å². The van der Waals surface area contributed by atoms with Gasteiger partial charge in [0.05, 0.1) is 50.6 Å². The maximum Gasteiger partial charge on any atom is 0.0755 e. The fourth-order valence-electron chi connectivity index (χ4n) is 20.4. The average Bonchev–Trinajstić information content (AvgIpc) is 1.54. The second-order valence-corrected chi connectivity index (χ2v) is 31.7. The molecule has 18 aromatic carbocycles. The van der Waals surface area contributed by atoms with Gasteiger partial charge in [-0.3, -0.25) is 0 Å². The van der Waals surface area contributed by atoms with Crippen LogP contribution in [0.25, 0.3) is 66.8 Å². The highest BCUT2D eigenvalue weighted by atomic mass is 15.2. The van der Waals surface area contributed by atoms with Crippen LogP contribution in [0.2, 0.25) is 0 Å². The summed E-state index contributed by atoms with van der Waals surface area (Å²) in [5, 5.41) is 0. The monoisotopic (exact) mass is 1490 g/mol. The van der Waals surface area contributed by atoms with Crippen molar-refractivity contribution in [3.63, 3.8) is 0 Å². The summed E-state index contributed by atoms with van der Waals surface area (Å²) in [6, 6.07) is 165. The number of hydrogen-bond donors (Lipinski definition) is 0. The van der Waals surface area contributed by atoms with E-state index in [0.29, 0.717) is 0 Å². The second kappa shape index (κ2) is 27.8. The van der Waals surface area contributed by atoms with Crippen molar-refractivity contribution in [2.75, 3.05) is 19.6 Å². The molecule has 23 rings (SSSR count). The lowest BCUT2D eigenvalue weighted by Crippen LogP contribution is -2.36. The molecule has 18 aromatic rings. The van der Waals surface area contributed by atoms with Gasteiger partial charge in [-0.2, -0.15) is 0 Å². The van der Waals surface area contributed by atoms with Crippen LogP contribution in [0.15, 0.2) is 449 Å². The maximum absolute atomic E-state index is 2.51. The fraction of sp³-hybridized carbons (Fsp3) is 0.0442. The topological polar surface area (TPSA) is 13.0 Å². The summed E-state index contributed by atoms with van der Waals surface area (Å²) >= 11 is 0. The summed E-state index contributed by atoms with van der Waals surface area (Å²) < 4.78 is 0. The van der Waals surface area contributed by atoms with Crippen molar-refractivity contribution in [1.29, 1.82) is 0 Å². The third-order valence-electron chi connectivity index (χ3n) is 25.3. The SMILES string of the molecule is CC1(C)c2ccccc2-c2ccc(N(c3ccc(-c4ccccc4)cc3)c3cccc4c3-c3ccccc3C43c4ccccc4N(c4ccccc4)c4ccccc43)cc21.c1ccc(-c2ccc(N(c3ccccc3-c3ccccc3)c3cccc4c3-c3ccccc3C43c4ccccc4N(c4ccccc4)c4ccccc43)cc2)cc1. The van der Waals surface area contributed by atoms with Crippen LogP contribution in [0.4, 0.5) is 68.2 Å². The standard InChI is InChI=1S/C58H42N2.C55H38N2/c1-57(2)47-24-11-9-22-44(47)45-37-36-43(38-52(45)57)59(42-34-32-40(33-35-42)39-18-5-3-6-19-39)55-31-17-28-51-56(55)46-23-10-12-25-48(46)58(51)49-26-13-15-29-53(49)60(41-20-7-4-8-21-41)54-30-16-14-27-50(54)58;1-4-19-39(20-5-1)40-35-37-43(38-36-40)56(50-31-15-11-25-44(50)41-21-6-2-7-22-41)53-34-18-30-49-54(53)45-26-10-12-27-46(45)55(49)47-28-13-16-32-51(47)57(42-23-8-3-9-24-42)52-33-17-14-29-48(52)55/h3-38H,1-2H3;1-38H. The largest absolute Gasteiger partial charge is 0.310 e. The van der Waals surface area contributed by atoms with Crippen LogP contribution in [-0.2, 0) is 16.2 Å². The first-order chi connectivity index (χ1) is 57.9. The lowest BCUT2D eigenvalue weighted by molar-refractivity contribution is 0.660. The molecule has 552 valence electrons. The van der Waals surface area contributed by atoms with E-state index in [2.05, 4.69) is 482 Å². The Morgan fingerprint density at radius 1 is 0.188 bits per heavy atom. The molecule has 0 saturated carbocycles. The van der Waals surface area contributed by atoms with Gasteiger partial charge in [-0.05, 0) is 209 Å². The number of anilines is 12. The van der Waals surface area contributed by atoms with Crippen LogP contribution in [0.3, 0.4) is 0 Å². The predicted octanol–water partition coefficient (Wildman–Crippen LogP) is 29.9. The molecule has 0 unspecified atom stereocenters. The van der Waals surface area contributed by atoms with E-state index in [4.69, 9.17) is 0 Å². The first-order valence-corrected chi connectivity index (χ1v) is 40.7. The highest BCUT2D eigenvalue weighted by Gasteiger charge is 2.55. The molecule has 0 aromatic heterocycles. The zero-order valence-electron chi connectivity index (χ0n) is 65.0. The fourth-order valence-corrected chi connectivity index (χ4v) is 20.4. The highest BCUT2D eigenvalue weighted by molar-refractivity contribution is 6.05. The third kappa shape index (κ3) is 10.6. The van der Waals surface area contributed by atoms with Gasteiger partial charge in [0, 0.05) is 50.5 Å². The maximum atomic E-state index is 2.51. The molecule has 2 spiro atoms. The Labute approximate surface area is 684 Å². The third-order valence-corrected chi connectivity index (χ3v) is 25.3. The number of para-hydroxylation sites is 7. The van der Waals surface area contributed by atoms with E-state index in [0.717, 1.165) is 45.5 Å². The smallest absolute Gasteiger partial charge is 0.0755 e. The van der Waals surface area contributed by atoms with Gasteiger partial charge in [-0.25, -0.2) is 0 Å². The Morgan fingerprint density at radius 2 is 0.487 bits per heavy atom.